The van der Waals surface area contributed by atoms with E-state index in [0.717, 1.165) is 18.0 Å². The molecule has 0 saturated carbocycles. The smallest absolute Gasteiger partial charge is 0.349 e. The Hall–Kier alpha value is -3.69. The van der Waals surface area contributed by atoms with E-state index in [4.69, 9.17) is 0 Å². The number of para-hydroxylation sites is 1. The van der Waals surface area contributed by atoms with Crippen molar-refractivity contribution in [2.24, 2.45) is 0 Å². The molecule has 0 radical (unpaired) electrons. The number of anilines is 3. The minimum atomic E-state index is -4.63. The van der Waals surface area contributed by atoms with Crippen LogP contribution >= 0.6 is 0 Å². The Morgan fingerprint density at radius 3 is 2.38 bits per heavy atom. The van der Waals surface area contributed by atoms with Crippen LogP contribution in [0.2, 0.25) is 0 Å². The van der Waals surface area contributed by atoms with Crippen LogP contribution in [0.4, 0.5) is 36.2 Å². The number of alkyl halides is 3. The first kappa shape index (κ1) is 20.1. The fourth-order valence-corrected chi connectivity index (χ4v) is 2.81. The van der Waals surface area contributed by atoms with Crippen LogP contribution in [0, 0.1) is 10.1 Å². The van der Waals surface area contributed by atoms with Gasteiger partial charge in [-0.3, -0.25) is 10.1 Å². The first-order valence-electron chi connectivity index (χ1n) is 8.45. The Morgan fingerprint density at radius 1 is 1.07 bits per heavy atom. The van der Waals surface area contributed by atoms with E-state index < -0.39 is 22.4 Å². The van der Waals surface area contributed by atoms with Crippen molar-refractivity contribution in [3.8, 4) is 0 Å². The van der Waals surface area contributed by atoms with Crippen molar-refractivity contribution >= 4 is 23.0 Å². The van der Waals surface area contributed by atoms with Gasteiger partial charge in [-0.1, -0.05) is 42.5 Å². The van der Waals surface area contributed by atoms with Crippen molar-refractivity contribution in [1.29, 1.82) is 0 Å². The molecule has 1 heterocycles. The topological polar surface area (TPSA) is 84.2 Å². The van der Waals surface area contributed by atoms with Gasteiger partial charge in [0, 0.05) is 13.6 Å². The molecule has 0 amide bonds. The number of nitrogens with one attached hydrogen (secondary N) is 1. The summed E-state index contributed by atoms with van der Waals surface area (Å²) in [6.07, 6.45) is -3.55. The lowest BCUT2D eigenvalue weighted by atomic mass is 10.1. The second kappa shape index (κ2) is 8.13. The molecular weight excluding hydrogens is 387 g/mol. The molecule has 1 N–H and O–H groups in total. The highest BCUT2D eigenvalue weighted by molar-refractivity contribution is 5.75. The molecule has 7 nitrogen and oxygen atoms in total. The Morgan fingerprint density at radius 2 is 1.72 bits per heavy atom. The highest BCUT2D eigenvalue weighted by Gasteiger charge is 2.34. The largest absolute Gasteiger partial charge is 0.418 e. The molecular formula is C19H16F3N5O2. The molecule has 1 aromatic heterocycles. The van der Waals surface area contributed by atoms with Crippen molar-refractivity contribution < 1.29 is 18.1 Å². The normalized spacial score (nSPS) is 11.2. The number of rotatable bonds is 6. The molecule has 150 valence electrons. The number of nitro groups is 1. The lowest BCUT2D eigenvalue weighted by molar-refractivity contribution is -0.383. The summed E-state index contributed by atoms with van der Waals surface area (Å²) >= 11 is 0. The Bertz CT molecular complexity index is 1010. The zero-order valence-corrected chi connectivity index (χ0v) is 15.2. The summed E-state index contributed by atoms with van der Waals surface area (Å²) in [5.74, 6) is -0.336. The molecule has 3 aromatic rings. The molecule has 3 rings (SSSR count). The summed E-state index contributed by atoms with van der Waals surface area (Å²) in [6, 6.07) is 13.9. The summed E-state index contributed by atoms with van der Waals surface area (Å²) in [4.78, 5) is 20.3. The molecule has 0 saturated heterocycles. The molecule has 10 heteroatoms. The van der Waals surface area contributed by atoms with Crippen LogP contribution in [0.1, 0.15) is 11.1 Å². The molecule has 0 atom stereocenters. The van der Waals surface area contributed by atoms with Crippen LogP contribution < -0.4 is 10.2 Å². The maximum Gasteiger partial charge on any atom is 0.418 e. The van der Waals surface area contributed by atoms with Crippen LogP contribution in [-0.4, -0.2) is 21.9 Å². The van der Waals surface area contributed by atoms with Crippen LogP contribution in [0.5, 0.6) is 0 Å². The predicted octanol–water partition coefficient (Wildman–Crippen LogP) is 4.78. The predicted molar refractivity (Wildman–Crippen MR) is 102 cm³/mol. The Balaban J connectivity index is 1.99. The summed E-state index contributed by atoms with van der Waals surface area (Å²) in [5.41, 5.74) is -0.909. The van der Waals surface area contributed by atoms with Gasteiger partial charge >= 0.3 is 11.9 Å². The highest BCUT2D eigenvalue weighted by Crippen LogP contribution is 2.38. The molecule has 2 aromatic carbocycles. The first-order chi connectivity index (χ1) is 13.8. The van der Waals surface area contributed by atoms with Gasteiger partial charge in [-0.25, -0.2) is 9.97 Å². The monoisotopic (exact) mass is 403 g/mol. The molecule has 0 unspecified atom stereocenters. The van der Waals surface area contributed by atoms with Gasteiger partial charge in [0.05, 0.1) is 16.2 Å². The number of nitrogens with zero attached hydrogens (tertiary/aromatic N) is 4. The third-order valence-corrected chi connectivity index (χ3v) is 4.10. The van der Waals surface area contributed by atoms with Crippen LogP contribution in [-0.2, 0) is 12.7 Å². The van der Waals surface area contributed by atoms with E-state index in [0.29, 0.717) is 6.54 Å². The van der Waals surface area contributed by atoms with Crippen molar-refractivity contribution in [2.45, 2.75) is 12.7 Å². The summed E-state index contributed by atoms with van der Waals surface area (Å²) in [6.45, 7) is 0.317. The Kier molecular flexibility index (Phi) is 5.62. The minimum absolute atomic E-state index is 0.0131. The number of aromatic nitrogens is 2. The summed E-state index contributed by atoms with van der Waals surface area (Å²) in [7, 11) is 1.61. The van der Waals surface area contributed by atoms with E-state index in [2.05, 4.69) is 15.3 Å². The van der Waals surface area contributed by atoms with Crippen molar-refractivity contribution in [3.63, 3.8) is 0 Å². The maximum absolute atomic E-state index is 13.2. The van der Waals surface area contributed by atoms with Gasteiger partial charge in [0.25, 0.3) is 0 Å². The lowest BCUT2D eigenvalue weighted by Gasteiger charge is -2.19. The zero-order valence-electron chi connectivity index (χ0n) is 15.2. The van der Waals surface area contributed by atoms with E-state index in [9.17, 15) is 23.3 Å². The number of benzene rings is 2. The average Bonchev–Trinajstić information content (AvgIpc) is 2.68. The second-order valence-corrected chi connectivity index (χ2v) is 6.16. The lowest BCUT2D eigenvalue weighted by Crippen LogP contribution is -2.20. The summed E-state index contributed by atoms with van der Waals surface area (Å²) < 4.78 is 39.7. The molecule has 0 fully saturated rings. The van der Waals surface area contributed by atoms with Gasteiger partial charge in [0.1, 0.15) is 6.33 Å². The van der Waals surface area contributed by atoms with E-state index in [1.807, 2.05) is 30.3 Å². The van der Waals surface area contributed by atoms with E-state index >= 15 is 0 Å². The van der Waals surface area contributed by atoms with Gasteiger partial charge in [-0.15, -0.1) is 0 Å². The van der Waals surface area contributed by atoms with Gasteiger partial charge in [0.15, 0.2) is 0 Å². The third-order valence-electron chi connectivity index (χ3n) is 4.10. The fraction of sp³-hybridized carbons (Fsp3) is 0.158. The van der Waals surface area contributed by atoms with E-state index in [1.54, 1.807) is 7.05 Å². The van der Waals surface area contributed by atoms with E-state index in [-0.39, 0.29) is 17.3 Å². The quantitative estimate of drug-likeness (QED) is 0.471. The maximum atomic E-state index is 13.2. The minimum Gasteiger partial charge on any atom is -0.349 e. The fourth-order valence-electron chi connectivity index (χ4n) is 2.81. The third kappa shape index (κ3) is 4.60. The van der Waals surface area contributed by atoms with Gasteiger partial charge in [-0.05, 0) is 17.7 Å². The molecule has 0 aliphatic heterocycles. The number of hydrogen-bond acceptors (Lipinski definition) is 6. The first-order valence-corrected chi connectivity index (χ1v) is 8.45. The van der Waals surface area contributed by atoms with Crippen LogP contribution in [0.3, 0.4) is 0 Å². The van der Waals surface area contributed by atoms with Crippen molar-refractivity contribution in [1.82, 2.24) is 9.97 Å². The van der Waals surface area contributed by atoms with Gasteiger partial charge in [0.2, 0.25) is 11.6 Å². The van der Waals surface area contributed by atoms with Crippen LogP contribution in [0.25, 0.3) is 0 Å². The molecule has 0 bridgehead atoms. The molecule has 0 aliphatic rings. The molecule has 0 spiro atoms. The molecule has 29 heavy (non-hydrogen) atoms. The molecule has 0 aliphatic carbocycles. The van der Waals surface area contributed by atoms with Gasteiger partial charge in [-0.2, -0.15) is 13.2 Å². The number of halogens is 3. The van der Waals surface area contributed by atoms with E-state index in [1.165, 1.54) is 23.1 Å². The SMILES string of the molecule is CN(Cc1ccccc1)c1ncnc(Nc2ccccc2C(F)(F)F)c1[N+](=O)[O-]. The second-order valence-electron chi connectivity index (χ2n) is 6.16. The zero-order chi connectivity index (χ0) is 21.0. The van der Waals surface area contributed by atoms with Crippen LogP contribution in [0.15, 0.2) is 60.9 Å². The number of hydrogen-bond donors (Lipinski definition) is 1. The summed E-state index contributed by atoms with van der Waals surface area (Å²) in [5, 5.41) is 14.2. The highest BCUT2D eigenvalue weighted by atomic mass is 19.4. The van der Waals surface area contributed by atoms with Crippen molar-refractivity contribution in [2.75, 3.05) is 17.3 Å². The van der Waals surface area contributed by atoms with Gasteiger partial charge < -0.3 is 10.2 Å². The van der Waals surface area contributed by atoms with Crippen molar-refractivity contribution in [3.05, 3.63) is 82.2 Å². The standard InChI is InChI=1S/C19H16F3N5O2/c1-26(11-13-7-3-2-4-8-13)18-16(27(28)29)17(23-12-24-18)25-15-10-6-5-9-14(15)19(20,21)22/h2-10,12H,11H2,1H3,(H,23,24,25). The Labute approximate surface area is 164 Å². The average molecular weight is 403 g/mol.